The first kappa shape index (κ1) is 13.9. The van der Waals surface area contributed by atoms with Crippen LogP contribution >= 0.6 is 11.8 Å². The largest absolute Gasteiger partial charge is 0.497 e. The second kappa shape index (κ2) is 6.59. The molecule has 0 aliphatic heterocycles. The van der Waals surface area contributed by atoms with Gasteiger partial charge in [0, 0.05) is 17.1 Å². The number of benzene rings is 1. The van der Waals surface area contributed by atoms with Crippen LogP contribution in [0.1, 0.15) is 18.5 Å². The highest BCUT2D eigenvalue weighted by molar-refractivity contribution is 7.99. The van der Waals surface area contributed by atoms with Gasteiger partial charge in [0.2, 0.25) is 0 Å². The normalized spacial score (nSPS) is 12.2. The number of nitrogens with one attached hydrogen (secondary N) is 1. The predicted octanol–water partition coefficient (Wildman–Crippen LogP) is 3.52. The fraction of sp³-hybridized carbons (Fsp3) is 0.267. The average Bonchev–Trinajstić information content (AvgIpc) is 2.48. The van der Waals surface area contributed by atoms with Crippen LogP contribution in [0.5, 0.6) is 5.75 Å². The van der Waals surface area contributed by atoms with Gasteiger partial charge in [-0.15, -0.1) is 0 Å². The van der Waals surface area contributed by atoms with E-state index in [1.807, 2.05) is 37.5 Å². The smallest absolute Gasteiger partial charge is 0.118 e. The minimum Gasteiger partial charge on any atom is -0.497 e. The maximum atomic E-state index is 5.14. The molecule has 1 atom stereocenters. The number of methoxy groups -OCH3 is 1. The molecular formula is C15H18N2OS. The van der Waals surface area contributed by atoms with E-state index in [4.69, 9.17) is 4.74 Å². The molecule has 2 aromatic rings. The van der Waals surface area contributed by atoms with E-state index in [9.17, 15) is 0 Å². The van der Waals surface area contributed by atoms with E-state index >= 15 is 0 Å². The first-order valence-electron chi connectivity index (χ1n) is 6.18. The van der Waals surface area contributed by atoms with Gasteiger partial charge in [-0.25, -0.2) is 4.98 Å². The van der Waals surface area contributed by atoms with Gasteiger partial charge in [0.1, 0.15) is 10.8 Å². The Morgan fingerprint density at radius 2 is 1.89 bits per heavy atom. The number of nitrogens with zero attached hydrogens (tertiary/aromatic N) is 1. The van der Waals surface area contributed by atoms with Crippen molar-refractivity contribution < 1.29 is 4.74 Å². The molecule has 1 heterocycles. The summed E-state index contributed by atoms with van der Waals surface area (Å²) < 4.78 is 5.14. The molecule has 100 valence electrons. The van der Waals surface area contributed by atoms with Crippen LogP contribution in [0.25, 0.3) is 0 Å². The SMILES string of the molecule is CNC(C)c1ccc(Sc2ccc(OC)cc2)nc1. The van der Waals surface area contributed by atoms with Crippen molar-refractivity contribution >= 4 is 11.8 Å². The van der Waals surface area contributed by atoms with Gasteiger partial charge < -0.3 is 10.1 Å². The Morgan fingerprint density at radius 3 is 2.42 bits per heavy atom. The molecule has 1 aromatic carbocycles. The summed E-state index contributed by atoms with van der Waals surface area (Å²) in [5.74, 6) is 0.871. The molecule has 0 radical (unpaired) electrons. The van der Waals surface area contributed by atoms with Crippen molar-refractivity contribution in [1.82, 2.24) is 10.3 Å². The lowest BCUT2D eigenvalue weighted by atomic mass is 10.1. The molecule has 0 aliphatic carbocycles. The number of rotatable bonds is 5. The monoisotopic (exact) mass is 274 g/mol. The van der Waals surface area contributed by atoms with E-state index in [-0.39, 0.29) is 0 Å². The van der Waals surface area contributed by atoms with Crippen LogP contribution in [-0.2, 0) is 0 Å². The van der Waals surface area contributed by atoms with Crippen molar-refractivity contribution in [2.24, 2.45) is 0 Å². The van der Waals surface area contributed by atoms with Gasteiger partial charge in [-0.1, -0.05) is 17.8 Å². The Hall–Kier alpha value is -1.52. The van der Waals surface area contributed by atoms with Gasteiger partial charge >= 0.3 is 0 Å². The second-order valence-electron chi connectivity index (χ2n) is 4.22. The molecule has 0 aliphatic rings. The van der Waals surface area contributed by atoms with E-state index in [1.165, 1.54) is 5.56 Å². The highest BCUT2D eigenvalue weighted by atomic mass is 32.2. The van der Waals surface area contributed by atoms with Gasteiger partial charge in [-0.2, -0.15) is 0 Å². The molecule has 1 N–H and O–H groups in total. The number of pyridine rings is 1. The molecule has 0 bridgehead atoms. The highest BCUT2D eigenvalue weighted by Gasteiger charge is 2.04. The lowest BCUT2D eigenvalue weighted by molar-refractivity contribution is 0.414. The molecule has 0 saturated heterocycles. The molecule has 4 heteroatoms. The summed E-state index contributed by atoms with van der Waals surface area (Å²) in [4.78, 5) is 5.63. The zero-order valence-electron chi connectivity index (χ0n) is 11.4. The zero-order valence-corrected chi connectivity index (χ0v) is 12.2. The van der Waals surface area contributed by atoms with E-state index in [1.54, 1.807) is 18.9 Å². The number of aromatic nitrogens is 1. The maximum Gasteiger partial charge on any atom is 0.118 e. The van der Waals surface area contributed by atoms with Gasteiger partial charge in [-0.3, -0.25) is 0 Å². The van der Waals surface area contributed by atoms with Crippen molar-refractivity contribution in [1.29, 1.82) is 0 Å². The van der Waals surface area contributed by atoms with Crippen molar-refractivity contribution in [2.75, 3.05) is 14.2 Å². The van der Waals surface area contributed by atoms with Crippen LogP contribution in [0.2, 0.25) is 0 Å². The van der Waals surface area contributed by atoms with Crippen molar-refractivity contribution in [3.8, 4) is 5.75 Å². The number of hydrogen-bond donors (Lipinski definition) is 1. The molecule has 0 spiro atoms. The van der Waals surface area contributed by atoms with Gasteiger partial charge in [-0.05, 0) is 49.9 Å². The molecule has 1 unspecified atom stereocenters. The first-order valence-corrected chi connectivity index (χ1v) is 6.99. The predicted molar refractivity (Wildman–Crippen MR) is 78.8 cm³/mol. The summed E-state index contributed by atoms with van der Waals surface area (Å²) >= 11 is 1.65. The van der Waals surface area contributed by atoms with E-state index in [0.717, 1.165) is 15.7 Å². The molecule has 1 aromatic heterocycles. The fourth-order valence-electron chi connectivity index (χ4n) is 1.64. The Morgan fingerprint density at radius 1 is 1.16 bits per heavy atom. The minimum atomic E-state index is 0.326. The molecular weight excluding hydrogens is 256 g/mol. The van der Waals surface area contributed by atoms with Crippen molar-refractivity contribution in [3.05, 3.63) is 48.2 Å². The van der Waals surface area contributed by atoms with Gasteiger partial charge in [0.15, 0.2) is 0 Å². The third kappa shape index (κ3) is 3.72. The van der Waals surface area contributed by atoms with Crippen molar-refractivity contribution in [2.45, 2.75) is 22.9 Å². The Bertz CT molecular complexity index is 511. The van der Waals surface area contributed by atoms with E-state index < -0.39 is 0 Å². The summed E-state index contributed by atoms with van der Waals surface area (Å²) in [7, 11) is 3.62. The average molecular weight is 274 g/mol. The van der Waals surface area contributed by atoms with Gasteiger partial charge in [0.25, 0.3) is 0 Å². The quantitative estimate of drug-likeness (QED) is 0.904. The standard InChI is InChI=1S/C15H18N2OS/c1-11(16-2)12-4-9-15(17-10-12)19-14-7-5-13(18-3)6-8-14/h4-11,16H,1-3H3. The van der Waals surface area contributed by atoms with Crippen LogP contribution < -0.4 is 10.1 Å². The molecule has 0 saturated carbocycles. The topological polar surface area (TPSA) is 34.1 Å². The summed E-state index contributed by atoms with van der Waals surface area (Å²) in [5, 5.41) is 4.20. The van der Waals surface area contributed by atoms with Crippen molar-refractivity contribution in [3.63, 3.8) is 0 Å². The molecule has 0 fully saturated rings. The maximum absolute atomic E-state index is 5.14. The first-order chi connectivity index (χ1) is 9.22. The molecule has 2 rings (SSSR count). The molecule has 3 nitrogen and oxygen atoms in total. The van der Waals surface area contributed by atoms with Crippen LogP contribution in [0.4, 0.5) is 0 Å². The van der Waals surface area contributed by atoms with E-state index in [0.29, 0.717) is 6.04 Å². The van der Waals surface area contributed by atoms with Crippen LogP contribution in [0.3, 0.4) is 0 Å². The number of ether oxygens (including phenoxy) is 1. The summed E-state index contributed by atoms with van der Waals surface area (Å²) in [5.41, 5.74) is 1.20. The highest BCUT2D eigenvalue weighted by Crippen LogP contribution is 2.28. The third-order valence-electron chi connectivity index (χ3n) is 2.97. The Balaban J connectivity index is 2.06. The summed E-state index contributed by atoms with van der Waals surface area (Å²) in [6.07, 6.45) is 1.92. The van der Waals surface area contributed by atoms with Crippen LogP contribution in [0.15, 0.2) is 52.5 Å². The van der Waals surface area contributed by atoms with E-state index in [2.05, 4.69) is 29.4 Å². The van der Waals surface area contributed by atoms with Gasteiger partial charge in [0.05, 0.1) is 7.11 Å². The summed E-state index contributed by atoms with van der Waals surface area (Å²) in [6.45, 7) is 2.12. The molecule has 0 amide bonds. The second-order valence-corrected chi connectivity index (χ2v) is 5.31. The minimum absolute atomic E-state index is 0.326. The Kier molecular flexibility index (Phi) is 4.82. The lowest BCUT2D eigenvalue weighted by Crippen LogP contribution is -2.12. The van der Waals surface area contributed by atoms with Crippen LogP contribution in [-0.4, -0.2) is 19.1 Å². The van der Waals surface area contributed by atoms with Crippen LogP contribution in [0, 0.1) is 0 Å². The zero-order chi connectivity index (χ0) is 13.7. The summed E-state index contributed by atoms with van der Waals surface area (Å²) in [6, 6.07) is 12.5. The number of hydrogen-bond acceptors (Lipinski definition) is 4. The fourth-order valence-corrected chi connectivity index (χ4v) is 2.39. The lowest BCUT2D eigenvalue weighted by Gasteiger charge is -2.10. The third-order valence-corrected chi connectivity index (χ3v) is 3.93. The Labute approximate surface area is 118 Å². The molecule has 19 heavy (non-hydrogen) atoms.